The SMILES string of the molecule is CC(=O)NCc1ccccc1-c1ccc([C@H]2O[C@@H](CN3CCN(Cc4ccccc4)CC3)C[C@@H](c3ccc(CO)cc3)O2)cc1. The molecule has 0 bridgehead atoms. The van der Waals surface area contributed by atoms with Crippen LogP contribution in [-0.4, -0.2) is 59.6 Å². The molecule has 2 N–H and O–H groups in total. The lowest BCUT2D eigenvalue weighted by atomic mass is 9.97. The quantitative estimate of drug-likeness (QED) is 0.237. The van der Waals surface area contributed by atoms with Gasteiger partial charge in [0, 0.05) is 64.7 Å². The van der Waals surface area contributed by atoms with Gasteiger partial charge >= 0.3 is 0 Å². The number of aliphatic hydroxyl groups excluding tert-OH is 1. The van der Waals surface area contributed by atoms with E-state index in [9.17, 15) is 9.90 Å². The molecular formula is C38H43N3O4. The number of rotatable bonds is 10. The summed E-state index contributed by atoms with van der Waals surface area (Å²) in [6.07, 6.45) is 0.187. The first-order chi connectivity index (χ1) is 22.0. The zero-order valence-corrected chi connectivity index (χ0v) is 26.0. The highest BCUT2D eigenvalue weighted by molar-refractivity contribution is 5.74. The number of piperazine rings is 1. The fraction of sp³-hybridized carbons (Fsp3) is 0.342. The molecule has 0 spiro atoms. The third-order valence-corrected chi connectivity index (χ3v) is 8.83. The van der Waals surface area contributed by atoms with Crippen molar-refractivity contribution in [2.45, 2.75) is 51.5 Å². The van der Waals surface area contributed by atoms with Gasteiger partial charge in [-0.25, -0.2) is 0 Å². The Balaban J connectivity index is 1.15. The van der Waals surface area contributed by atoms with Gasteiger partial charge in [-0.1, -0.05) is 103 Å². The maximum atomic E-state index is 11.5. The van der Waals surface area contributed by atoms with Crippen molar-refractivity contribution >= 4 is 5.91 Å². The van der Waals surface area contributed by atoms with Crippen LogP contribution in [0, 0.1) is 0 Å². The van der Waals surface area contributed by atoms with Crippen LogP contribution in [0.3, 0.4) is 0 Å². The second-order valence-corrected chi connectivity index (χ2v) is 12.1. The van der Waals surface area contributed by atoms with E-state index < -0.39 is 6.29 Å². The second-order valence-electron chi connectivity index (χ2n) is 12.1. The van der Waals surface area contributed by atoms with Crippen LogP contribution in [0.1, 0.15) is 53.6 Å². The van der Waals surface area contributed by atoms with Gasteiger partial charge in [-0.3, -0.25) is 14.6 Å². The first-order valence-corrected chi connectivity index (χ1v) is 16.0. The number of hydrogen-bond donors (Lipinski definition) is 2. The molecule has 2 aliphatic rings. The number of nitrogens with zero attached hydrogens (tertiary/aromatic N) is 2. The van der Waals surface area contributed by atoms with Crippen molar-refractivity contribution in [2.24, 2.45) is 0 Å². The number of benzene rings is 4. The zero-order valence-electron chi connectivity index (χ0n) is 26.0. The molecule has 0 radical (unpaired) electrons. The van der Waals surface area contributed by atoms with Crippen LogP contribution in [-0.2, 0) is 34.0 Å². The van der Waals surface area contributed by atoms with Crippen LogP contribution in [0.4, 0.5) is 0 Å². The third-order valence-electron chi connectivity index (χ3n) is 8.83. The molecule has 4 aromatic carbocycles. The molecule has 0 aliphatic carbocycles. The molecule has 2 aliphatic heterocycles. The summed E-state index contributed by atoms with van der Waals surface area (Å²) in [5.41, 5.74) is 7.57. The average molecular weight is 606 g/mol. The van der Waals surface area contributed by atoms with Gasteiger partial charge in [0.1, 0.15) is 0 Å². The van der Waals surface area contributed by atoms with E-state index in [2.05, 4.69) is 87.9 Å². The van der Waals surface area contributed by atoms with Crippen LogP contribution < -0.4 is 5.32 Å². The number of ether oxygens (including phenoxy) is 2. The number of nitrogens with one attached hydrogen (secondary N) is 1. The van der Waals surface area contributed by atoms with Gasteiger partial charge in [-0.05, 0) is 33.4 Å². The highest BCUT2D eigenvalue weighted by atomic mass is 16.7. The van der Waals surface area contributed by atoms with Gasteiger partial charge < -0.3 is 19.9 Å². The minimum absolute atomic E-state index is 0.0185. The summed E-state index contributed by atoms with van der Waals surface area (Å²) < 4.78 is 13.3. The van der Waals surface area contributed by atoms with Crippen molar-refractivity contribution in [1.29, 1.82) is 0 Å². The highest BCUT2D eigenvalue weighted by Gasteiger charge is 2.33. The van der Waals surface area contributed by atoms with Crippen molar-refractivity contribution in [1.82, 2.24) is 15.1 Å². The molecular weight excluding hydrogens is 562 g/mol. The molecule has 0 unspecified atom stereocenters. The average Bonchev–Trinajstić information content (AvgIpc) is 3.09. The number of carbonyl (C=O) groups excluding carboxylic acids is 1. The third kappa shape index (κ3) is 8.25. The maximum Gasteiger partial charge on any atom is 0.217 e. The van der Waals surface area contributed by atoms with E-state index in [0.717, 1.165) is 79.1 Å². The van der Waals surface area contributed by atoms with E-state index in [1.165, 1.54) is 12.5 Å². The van der Waals surface area contributed by atoms with Gasteiger partial charge in [0.05, 0.1) is 18.8 Å². The predicted octanol–water partition coefficient (Wildman–Crippen LogP) is 5.85. The molecule has 45 heavy (non-hydrogen) atoms. The number of hydrogen-bond acceptors (Lipinski definition) is 6. The van der Waals surface area contributed by atoms with Crippen LogP contribution in [0.15, 0.2) is 103 Å². The second kappa shape index (κ2) is 15.0. The highest BCUT2D eigenvalue weighted by Crippen LogP contribution is 2.39. The Morgan fingerprint density at radius 1 is 0.778 bits per heavy atom. The fourth-order valence-corrected chi connectivity index (χ4v) is 6.29. The lowest BCUT2D eigenvalue weighted by Gasteiger charge is -2.40. The Morgan fingerprint density at radius 2 is 1.44 bits per heavy atom. The molecule has 2 fully saturated rings. The molecule has 3 atom stereocenters. The molecule has 4 aromatic rings. The number of carbonyl (C=O) groups is 1. The Bertz CT molecular complexity index is 1520. The molecule has 7 heteroatoms. The zero-order chi connectivity index (χ0) is 31.0. The Labute approximate surface area is 266 Å². The minimum Gasteiger partial charge on any atom is -0.392 e. The van der Waals surface area contributed by atoms with Gasteiger partial charge in [0.2, 0.25) is 5.91 Å². The Hall–Kier alpha value is -3.85. The smallest absolute Gasteiger partial charge is 0.217 e. The Kier molecular flexibility index (Phi) is 10.4. The van der Waals surface area contributed by atoms with Gasteiger partial charge in [0.15, 0.2) is 6.29 Å². The maximum absolute atomic E-state index is 11.5. The first kappa shape index (κ1) is 31.1. The molecule has 1 amide bonds. The number of aliphatic hydroxyl groups is 1. The van der Waals surface area contributed by atoms with Crippen molar-refractivity contribution in [3.8, 4) is 11.1 Å². The molecule has 0 saturated carbocycles. The van der Waals surface area contributed by atoms with E-state index in [1.54, 1.807) is 0 Å². The van der Waals surface area contributed by atoms with E-state index in [1.807, 2.05) is 30.3 Å². The van der Waals surface area contributed by atoms with Crippen LogP contribution >= 0.6 is 0 Å². The molecule has 7 nitrogen and oxygen atoms in total. The van der Waals surface area contributed by atoms with Crippen LogP contribution in [0.25, 0.3) is 11.1 Å². The summed E-state index contributed by atoms with van der Waals surface area (Å²) in [5, 5.41) is 12.5. The minimum atomic E-state index is -0.491. The summed E-state index contributed by atoms with van der Waals surface area (Å²) in [4.78, 5) is 16.6. The van der Waals surface area contributed by atoms with Gasteiger partial charge in [-0.2, -0.15) is 0 Å². The fourth-order valence-electron chi connectivity index (χ4n) is 6.29. The van der Waals surface area contributed by atoms with Gasteiger partial charge in [0.25, 0.3) is 0 Å². The number of amides is 1. The molecule has 2 saturated heterocycles. The summed E-state index contributed by atoms with van der Waals surface area (Å²) in [5.74, 6) is -0.0454. The largest absolute Gasteiger partial charge is 0.392 e. The van der Waals surface area contributed by atoms with Crippen molar-refractivity contribution in [3.05, 3.63) is 131 Å². The van der Waals surface area contributed by atoms with Crippen molar-refractivity contribution < 1.29 is 19.4 Å². The summed E-state index contributed by atoms with van der Waals surface area (Å²) in [7, 11) is 0. The predicted molar refractivity (Wildman–Crippen MR) is 176 cm³/mol. The lowest BCUT2D eigenvalue weighted by Crippen LogP contribution is -2.49. The van der Waals surface area contributed by atoms with E-state index in [0.29, 0.717) is 6.54 Å². The van der Waals surface area contributed by atoms with Crippen molar-refractivity contribution in [2.75, 3.05) is 32.7 Å². The standard InChI is InChI=1S/C38H43N3O4/c1-28(43)39-24-34-9-5-6-10-36(34)31-15-17-33(18-16-31)38-44-35(23-37(45-38)32-13-11-30(27-42)12-14-32)26-41-21-19-40(20-22-41)25-29-7-3-2-4-8-29/h2-18,35,37-38,42H,19-27H2,1H3,(H,39,43)/t35-,37+,38+/m1/s1. The monoisotopic (exact) mass is 605 g/mol. The van der Waals surface area contributed by atoms with Gasteiger partial charge in [-0.15, -0.1) is 0 Å². The molecule has 6 rings (SSSR count). The Morgan fingerprint density at radius 3 is 2.16 bits per heavy atom. The van der Waals surface area contributed by atoms with Crippen LogP contribution in [0.5, 0.6) is 0 Å². The summed E-state index contributed by atoms with van der Waals surface area (Å²) in [6, 6.07) is 35.3. The molecule has 234 valence electrons. The lowest BCUT2D eigenvalue weighted by molar-refractivity contribution is -0.253. The van der Waals surface area contributed by atoms with E-state index >= 15 is 0 Å². The normalized spacial score (nSPS) is 21.0. The summed E-state index contributed by atoms with van der Waals surface area (Å²) >= 11 is 0. The summed E-state index contributed by atoms with van der Waals surface area (Å²) in [6.45, 7) is 8.01. The first-order valence-electron chi connectivity index (χ1n) is 16.0. The van der Waals surface area contributed by atoms with Crippen molar-refractivity contribution in [3.63, 3.8) is 0 Å². The van der Waals surface area contributed by atoms with Crippen LogP contribution in [0.2, 0.25) is 0 Å². The van der Waals surface area contributed by atoms with E-state index in [4.69, 9.17) is 9.47 Å². The molecule has 0 aromatic heterocycles. The molecule has 2 heterocycles. The topological polar surface area (TPSA) is 74.3 Å². The van der Waals surface area contributed by atoms with E-state index in [-0.39, 0.29) is 24.7 Å².